The Labute approximate surface area is 98.0 Å². The van der Waals surface area contributed by atoms with Crippen molar-refractivity contribution in [2.24, 2.45) is 9.98 Å². The van der Waals surface area contributed by atoms with Gasteiger partial charge in [-0.05, 0) is 16.7 Å². The van der Waals surface area contributed by atoms with E-state index in [-0.39, 0.29) is 12.5 Å². The van der Waals surface area contributed by atoms with Gasteiger partial charge < -0.3 is 5.11 Å². The number of carbonyl (C=O) groups is 1. The molecule has 0 amide bonds. The fourth-order valence-electron chi connectivity index (χ4n) is 2.34. The molecule has 17 heavy (non-hydrogen) atoms. The van der Waals surface area contributed by atoms with E-state index >= 15 is 0 Å². The molecule has 1 N–H and O–H groups in total. The molecule has 1 aromatic carbocycles. The van der Waals surface area contributed by atoms with Gasteiger partial charge in [0.2, 0.25) is 0 Å². The molecule has 1 aromatic rings. The number of rotatable bonds is 2. The second-order valence-corrected chi connectivity index (χ2v) is 4.00. The topological polar surface area (TPSA) is 62.0 Å². The Morgan fingerprint density at radius 3 is 2.94 bits per heavy atom. The van der Waals surface area contributed by atoms with Gasteiger partial charge in [-0.15, -0.1) is 0 Å². The smallest absolute Gasteiger partial charge is 0.307 e. The third-order valence-corrected chi connectivity index (χ3v) is 2.99. The normalized spacial score (nSPS) is 20.4. The van der Waals surface area contributed by atoms with Crippen LogP contribution in [0.1, 0.15) is 23.6 Å². The molecule has 0 fully saturated rings. The van der Waals surface area contributed by atoms with E-state index in [0.29, 0.717) is 0 Å². The second-order valence-electron chi connectivity index (χ2n) is 4.00. The lowest BCUT2D eigenvalue weighted by molar-refractivity contribution is -0.135. The molecule has 0 spiro atoms. The highest BCUT2D eigenvalue weighted by Crippen LogP contribution is 2.45. The van der Waals surface area contributed by atoms with Gasteiger partial charge in [-0.3, -0.25) is 14.8 Å². The molecule has 2 aliphatic rings. The van der Waals surface area contributed by atoms with Crippen molar-refractivity contribution in [1.29, 1.82) is 0 Å². The first-order valence-electron chi connectivity index (χ1n) is 5.37. The van der Waals surface area contributed by atoms with Crippen LogP contribution in [0.15, 0.2) is 39.9 Å². The van der Waals surface area contributed by atoms with E-state index in [2.05, 4.69) is 9.98 Å². The van der Waals surface area contributed by atoms with Crippen molar-refractivity contribution in [3.8, 4) is 0 Å². The van der Waals surface area contributed by atoms with Crippen LogP contribution in [0.2, 0.25) is 0 Å². The van der Waals surface area contributed by atoms with Crippen molar-refractivity contribution >= 4 is 24.0 Å². The summed E-state index contributed by atoms with van der Waals surface area (Å²) >= 11 is 0. The van der Waals surface area contributed by atoms with Crippen LogP contribution in [0.5, 0.6) is 0 Å². The summed E-state index contributed by atoms with van der Waals surface area (Å²) < 4.78 is 0. The first-order valence-corrected chi connectivity index (χ1v) is 5.37. The molecular formula is C13H10N2O2. The Bertz CT molecular complexity index is 585. The molecule has 0 bridgehead atoms. The highest BCUT2D eigenvalue weighted by molar-refractivity contribution is 6.17. The second kappa shape index (κ2) is 3.66. The molecule has 1 heterocycles. The van der Waals surface area contributed by atoms with Gasteiger partial charge in [-0.25, -0.2) is 0 Å². The zero-order chi connectivity index (χ0) is 11.8. The average Bonchev–Trinajstić information content (AvgIpc) is 2.65. The number of benzene rings is 1. The summed E-state index contributed by atoms with van der Waals surface area (Å²) in [6, 6.07) is 7.64. The van der Waals surface area contributed by atoms with Gasteiger partial charge >= 0.3 is 5.97 Å². The lowest BCUT2D eigenvalue weighted by Crippen LogP contribution is -2.01. The van der Waals surface area contributed by atoms with Crippen LogP contribution in [0.25, 0.3) is 5.57 Å². The monoisotopic (exact) mass is 226 g/mol. The molecule has 4 heteroatoms. The van der Waals surface area contributed by atoms with E-state index in [4.69, 9.17) is 5.11 Å². The Hall–Kier alpha value is -2.23. The maximum atomic E-state index is 10.9. The molecule has 0 saturated heterocycles. The molecule has 3 rings (SSSR count). The van der Waals surface area contributed by atoms with Gasteiger partial charge in [0.1, 0.15) is 6.04 Å². The lowest BCUT2D eigenvalue weighted by atomic mass is 10.0. The third kappa shape index (κ3) is 1.49. The van der Waals surface area contributed by atoms with Crippen molar-refractivity contribution in [2.45, 2.75) is 12.5 Å². The van der Waals surface area contributed by atoms with E-state index < -0.39 is 5.97 Å². The molecule has 0 saturated carbocycles. The molecule has 1 aliphatic carbocycles. The number of fused-ring (bicyclic) bond motifs is 3. The highest BCUT2D eigenvalue weighted by atomic mass is 16.4. The van der Waals surface area contributed by atoms with Crippen molar-refractivity contribution in [3.05, 3.63) is 41.1 Å². The number of hydrogen-bond acceptors (Lipinski definition) is 3. The molecule has 0 aromatic heterocycles. The standard InChI is InChI=1S/C13H10N2O2/c16-11(17)7-10-8-3-1-2-4-9(8)12-13(10)15-6-5-14-12/h1-6,12H,7H2,(H,16,17). The Balaban J connectivity index is 2.18. The van der Waals surface area contributed by atoms with E-state index in [1.165, 1.54) is 0 Å². The number of hydrogen-bond donors (Lipinski definition) is 1. The fourth-order valence-corrected chi connectivity index (χ4v) is 2.34. The molecule has 1 atom stereocenters. The van der Waals surface area contributed by atoms with Crippen LogP contribution < -0.4 is 0 Å². The maximum Gasteiger partial charge on any atom is 0.307 e. The van der Waals surface area contributed by atoms with Gasteiger partial charge in [0.05, 0.1) is 12.1 Å². The summed E-state index contributed by atoms with van der Waals surface area (Å²) in [6.45, 7) is 0. The predicted molar refractivity (Wildman–Crippen MR) is 65.3 cm³/mol. The molecule has 0 radical (unpaired) electrons. The summed E-state index contributed by atoms with van der Waals surface area (Å²) in [5.41, 5.74) is 3.57. The molecule has 84 valence electrons. The zero-order valence-corrected chi connectivity index (χ0v) is 9.00. The van der Waals surface area contributed by atoms with Gasteiger partial charge in [0, 0.05) is 12.4 Å². The van der Waals surface area contributed by atoms with Crippen LogP contribution in [-0.4, -0.2) is 23.5 Å². The number of carboxylic acid groups (broad SMARTS) is 1. The summed E-state index contributed by atoms with van der Waals surface area (Å²) in [5, 5.41) is 8.97. The largest absolute Gasteiger partial charge is 0.481 e. The predicted octanol–water partition coefficient (Wildman–Crippen LogP) is 2.08. The van der Waals surface area contributed by atoms with Gasteiger partial charge in [-0.1, -0.05) is 24.3 Å². The Morgan fingerprint density at radius 1 is 1.29 bits per heavy atom. The van der Waals surface area contributed by atoms with Crippen LogP contribution >= 0.6 is 0 Å². The van der Waals surface area contributed by atoms with E-state index in [1.807, 2.05) is 24.3 Å². The number of nitrogens with zero attached hydrogens (tertiary/aromatic N) is 2. The van der Waals surface area contributed by atoms with Crippen molar-refractivity contribution in [3.63, 3.8) is 0 Å². The first-order chi connectivity index (χ1) is 8.27. The third-order valence-electron chi connectivity index (χ3n) is 2.99. The lowest BCUT2D eigenvalue weighted by Gasteiger charge is -2.10. The van der Waals surface area contributed by atoms with Crippen molar-refractivity contribution < 1.29 is 9.90 Å². The summed E-state index contributed by atoms with van der Waals surface area (Å²) in [4.78, 5) is 19.6. The van der Waals surface area contributed by atoms with Crippen molar-refractivity contribution in [1.82, 2.24) is 0 Å². The quantitative estimate of drug-likeness (QED) is 0.839. The minimum atomic E-state index is -0.840. The number of carboxylic acids is 1. The van der Waals surface area contributed by atoms with Crippen LogP contribution in [0, 0.1) is 0 Å². The molecule has 1 aliphatic heterocycles. The minimum Gasteiger partial charge on any atom is -0.481 e. The van der Waals surface area contributed by atoms with Gasteiger partial charge in [0.15, 0.2) is 0 Å². The fraction of sp³-hybridized carbons (Fsp3) is 0.154. The zero-order valence-electron chi connectivity index (χ0n) is 9.00. The Kier molecular flexibility index (Phi) is 2.14. The van der Waals surface area contributed by atoms with E-state index in [9.17, 15) is 4.79 Å². The number of aliphatic imine (C=N–C) groups is 2. The van der Waals surface area contributed by atoms with Crippen LogP contribution in [0.4, 0.5) is 0 Å². The van der Waals surface area contributed by atoms with Gasteiger partial charge in [-0.2, -0.15) is 0 Å². The van der Waals surface area contributed by atoms with Crippen LogP contribution in [-0.2, 0) is 4.79 Å². The molecule has 1 unspecified atom stereocenters. The summed E-state index contributed by atoms with van der Waals surface area (Å²) in [5.74, 6) is -0.840. The Morgan fingerprint density at radius 2 is 2.12 bits per heavy atom. The van der Waals surface area contributed by atoms with E-state index in [1.54, 1.807) is 12.4 Å². The maximum absolute atomic E-state index is 10.9. The highest BCUT2D eigenvalue weighted by Gasteiger charge is 2.31. The van der Waals surface area contributed by atoms with Crippen molar-refractivity contribution in [2.75, 3.05) is 0 Å². The van der Waals surface area contributed by atoms with E-state index in [0.717, 1.165) is 22.4 Å². The number of aliphatic carboxylic acids is 1. The average molecular weight is 226 g/mol. The SMILES string of the molecule is O=C(O)CC1=C2N=CC=NC2c2ccccc21. The summed E-state index contributed by atoms with van der Waals surface area (Å²) in [6.07, 6.45) is 3.27. The summed E-state index contributed by atoms with van der Waals surface area (Å²) in [7, 11) is 0. The minimum absolute atomic E-state index is 0.00426. The van der Waals surface area contributed by atoms with Crippen LogP contribution in [0.3, 0.4) is 0 Å². The van der Waals surface area contributed by atoms with Gasteiger partial charge in [0.25, 0.3) is 0 Å². The molecule has 4 nitrogen and oxygen atoms in total. The first kappa shape index (κ1) is 9.96. The molecular weight excluding hydrogens is 216 g/mol.